The van der Waals surface area contributed by atoms with Gasteiger partial charge in [0.1, 0.15) is 5.01 Å². The number of nitrogens with zero attached hydrogens (tertiary/aromatic N) is 3. The van der Waals surface area contributed by atoms with Crippen molar-refractivity contribution in [2.75, 3.05) is 5.73 Å². The van der Waals surface area contributed by atoms with Crippen LogP contribution in [0, 0.1) is 0 Å². The topological polar surface area (TPSA) is 90.9 Å². The molecule has 0 amide bonds. The van der Waals surface area contributed by atoms with Crippen molar-refractivity contribution in [2.24, 2.45) is 0 Å². The summed E-state index contributed by atoms with van der Waals surface area (Å²) in [7, 11) is -3.67. The number of nitrogen functional groups attached to an aromatic ring is 1. The van der Waals surface area contributed by atoms with E-state index < -0.39 is 15.3 Å². The fourth-order valence-electron chi connectivity index (χ4n) is 3.70. The summed E-state index contributed by atoms with van der Waals surface area (Å²) in [6.45, 7) is 3.26. The summed E-state index contributed by atoms with van der Waals surface area (Å²) in [6.07, 6.45) is 0. The van der Waals surface area contributed by atoms with E-state index in [1.807, 2.05) is 78.9 Å². The third-order valence-electron chi connectivity index (χ3n) is 5.44. The zero-order valence-electron chi connectivity index (χ0n) is 18.1. The normalized spacial score (nSPS) is 12.0. The molecule has 5 aromatic rings. The molecule has 2 N–H and O–H groups in total. The Balaban J connectivity index is 1.75. The standard InChI is InChI=1S/C25H22N4O2S2/c1-16(2)33(30,31)29-21-15-19(13-14-20(21)27-25(29)26)23-22(17-9-5-3-6-10-17)28-24(32-23)18-11-7-4-8-12-18/h3-16H,1-2H3,(H2,26,27). The van der Waals surface area contributed by atoms with Gasteiger partial charge in [-0.3, -0.25) is 0 Å². The van der Waals surface area contributed by atoms with E-state index in [1.165, 1.54) is 0 Å². The number of hydrogen-bond donors (Lipinski definition) is 1. The molecule has 0 fully saturated rings. The van der Waals surface area contributed by atoms with Gasteiger partial charge in [0.25, 0.3) is 0 Å². The molecule has 166 valence electrons. The molecule has 0 unspecified atom stereocenters. The lowest BCUT2D eigenvalue weighted by Crippen LogP contribution is -2.23. The number of benzene rings is 3. The van der Waals surface area contributed by atoms with Gasteiger partial charge in [-0.05, 0) is 31.5 Å². The SMILES string of the molecule is CC(C)S(=O)(=O)n1c(N)nc2ccc(-c3sc(-c4ccccc4)nc3-c3ccccc3)cc21. The van der Waals surface area contributed by atoms with Crippen LogP contribution >= 0.6 is 11.3 Å². The summed E-state index contributed by atoms with van der Waals surface area (Å²) in [6, 6.07) is 25.6. The first-order valence-corrected chi connectivity index (χ1v) is 12.8. The van der Waals surface area contributed by atoms with E-state index in [0.29, 0.717) is 11.0 Å². The summed E-state index contributed by atoms with van der Waals surface area (Å²) in [5.74, 6) is -0.0339. The molecule has 0 aliphatic heterocycles. The van der Waals surface area contributed by atoms with Gasteiger partial charge in [0.15, 0.2) is 0 Å². The molecule has 2 heterocycles. The minimum atomic E-state index is -3.67. The van der Waals surface area contributed by atoms with E-state index in [-0.39, 0.29) is 5.95 Å². The molecule has 0 radical (unpaired) electrons. The molecule has 3 aromatic carbocycles. The highest BCUT2D eigenvalue weighted by molar-refractivity contribution is 7.90. The average molecular weight is 475 g/mol. The summed E-state index contributed by atoms with van der Waals surface area (Å²) < 4.78 is 27.1. The Kier molecular flexibility index (Phi) is 5.26. The molecular formula is C25H22N4O2S2. The second-order valence-corrected chi connectivity index (χ2v) is 11.3. The lowest BCUT2D eigenvalue weighted by atomic mass is 10.1. The molecule has 0 atom stereocenters. The van der Waals surface area contributed by atoms with Gasteiger partial charge in [0.2, 0.25) is 16.0 Å². The number of hydrogen-bond acceptors (Lipinski definition) is 6. The molecule has 0 saturated heterocycles. The average Bonchev–Trinajstić information content (AvgIpc) is 3.41. The van der Waals surface area contributed by atoms with Crippen LogP contribution in [-0.2, 0) is 10.0 Å². The zero-order valence-corrected chi connectivity index (χ0v) is 19.8. The number of fused-ring (bicyclic) bond motifs is 1. The van der Waals surface area contributed by atoms with Crippen LogP contribution in [-0.4, -0.2) is 27.6 Å². The molecule has 0 bridgehead atoms. The quantitative estimate of drug-likeness (QED) is 0.355. The van der Waals surface area contributed by atoms with Crippen LogP contribution in [0.2, 0.25) is 0 Å². The predicted molar refractivity (Wildman–Crippen MR) is 136 cm³/mol. The maximum absolute atomic E-state index is 13.0. The molecular weight excluding hydrogens is 452 g/mol. The summed E-state index contributed by atoms with van der Waals surface area (Å²) in [4.78, 5) is 10.2. The second-order valence-electron chi connectivity index (χ2n) is 7.96. The van der Waals surface area contributed by atoms with Gasteiger partial charge in [0, 0.05) is 11.1 Å². The summed E-state index contributed by atoms with van der Waals surface area (Å²) >= 11 is 1.57. The highest BCUT2D eigenvalue weighted by Crippen LogP contribution is 2.41. The monoisotopic (exact) mass is 474 g/mol. The lowest BCUT2D eigenvalue weighted by Gasteiger charge is -2.11. The van der Waals surface area contributed by atoms with Crippen molar-refractivity contribution in [1.82, 2.24) is 13.9 Å². The van der Waals surface area contributed by atoms with Crippen molar-refractivity contribution in [3.63, 3.8) is 0 Å². The van der Waals surface area contributed by atoms with Crippen LogP contribution in [0.3, 0.4) is 0 Å². The van der Waals surface area contributed by atoms with Crippen molar-refractivity contribution in [3.05, 3.63) is 78.9 Å². The first kappa shape index (κ1) is 21.4. The molecule has 8 heteroatoms. The Morgan fingerprint density at radius 3 is 2.12 bits per heavy atom. The Morgan fingerprint density at radius 2 is 1.48 bits per heavy atom. The van der Waals surface area contributed by atoms with E-state index in [9.17, 15) is 8.42 Å². The molecule has 0 aliphatic carbocycles. The van der Waals surface area contributed by atoms with Crippen LogP contribution < -0.4 is 5.73 Å². The summed E-state index contributed by atoms with van der Waals surface area (Å²) in [5, 5.41) is 0.265. The fourth-order valence-corrected chi connectivity index (χ4v) is 5.94. The third-order valence-corrected chi connectivity index (χ3v) is 8.68. The van der Waals surface area contributed by atoms with Gasteiger partial charge < -0.3 is 5.73 Å². The van der Waals surface area contributed by atoms with Gasteiger partial charge in [-0.2, -0.15) is 0 Å². The Morgan fingerprint density at radius 1 is 0.848 bits per heavy atom. The van der Waals surface area contributed by atoms with Crippen LogP contribution in [0.25, 0.3) is 43.3 Å². The first-order chi connectivity index (χ1) is 15.9. The molecule has 0 aliphatic rings. The molecule has 0 saturated carbocycles. The Labute approximate surface area is 196 Å². The number of rotatable bonds is 5. The van der Waals surface area contributed by atoms with Crippen LogP contribution in [0.5, 0.6) is 0 Å². The fraction of sp³-hybridized carbons (Fsp3) is 0.120. The highest BCUT2D eigenvalue weighted by atomic mass is 32.2. The first-order valence-electron chi connectivity index (χ1n) is 10.5. The smallest absolute Gasteiger partial charge is 0.244 e. The maximum Gasteiger partial charge on any atom is 0.244 e. The van der Waals surface area contributed by atoms with Gasteiger partial charge in [0.05, 0.1) is 26.9 Å². The summed E-state index contributed by atoms with van der Waals surface area (Å²) in [5.41, 5.74) is 10.8. The van der Waals surface area contributed by atoms with Crippen molar-refractivity contribution in [3.8, 4) is 32.3 Å². The third kappa shape index (κ3) is 3.71. The van der Waals surface area contributed by atoms with Gasteiger partial charge in [-0.25, -0.2) is 22.4 Å². The highest BCUT2D eigenvalue weighted by Gasteiger charge is 2.25. The number of imidazole rings is 1. The van der Waals surface area contributed by atoms with E-state index in [0.717, 1.165) is 36.2 Å². The molecule has 5 rings (SSSR count). The van der Waals surface area contributed by atoms with Crippen LogP contribution in [0.4, 0.5) is 5.95 Å². The van der Waals surface area contributed by atoms with E-state index >= 15 is 0 Å². The van der Waals surface area contributed by atoms with Crippen LogP contribution in [0.1, 0.15) is 13.8 Å². The number of nitrogens with two attached hydrogens (primary N) is 1. The predicted octanol–water partition coefficient (Wildman–Crippen LogP) is 5.66. The van der Waals surface area contributed by atoms with Crippen molar-refractivity contribution >= 4 is 38.3 Å². The molecule has 33 heavy (non-hydrogen) atoms. The van der Waals surface area contributed by atoms with Crippen LogP contribution in [0.15, 0.2) is 78.9 Å². The molecule has 0 spiro atoms. The Hall–Kier alpha value is -3.49. The van der Waals surface area contributed by atoms with E-state index in [4.69, 9.17) is 10.7 Å². The largest absolute Gasteiger partial charge is 0.368 e. The minimum Gasteiger partial charge on any atom is -0.368 e. The minimum absolute atomic E-state index is 0.0339. The number of anilines is 1. The van der Waals surface area contributed by atoms with Crippen molar-refractivity contribution < 1.29 is 8.42 Å². The Bertz CT molecular complexity index is 1550. The van der Waals surface area contributed by atoms with Gasteiger partial charge >= 0.3 is 0 Å². The van der Waals surface area contributed by atoms with Gasteiger partial charge in [-0.15, -0.1) is 11.3 Å². The van der Waals surface area contributed by atoms with Crippen molar-refractivity contribution in [2.45, 2.75) is 19.1 Å². The number of aromatic nitrogens is 3. The second kappa shape index (κ2) is 8.13. The lowest BCUT2D eigenvalue weighted by molar-refractivity contribution is 0.580. The zero-order chi connectivity index (χ0) is 23.2. The van der Waals surface area contributed by atoms with E-state index in [1.54, 1.807) is 25.2 Å². The van der Waals surface area contributed by atoms with Crippen molar-refractivity contribution in [1.29, 1.82) is 0 Å². The van der Waals surface area contributed by atoms with E-state index in [2.05, 4.69) is 4.98 Å². The maximum atomic E-state index is 13.0. The molecule has 6 nitrogen and oxygen atoms in total. The molecule has 2 aromatic heterocycles. The number of thiazole rings is 1. The van der Waals surface area contributed by atoms with Gasteiger partial charge in [-0.1, -0.05) is 66.7 Å².